The molecule has 18 heavy (non-hydrogen) atoms. The Morgan fingerprint density at radius 2 is 2.06 bits per heavy atom. The summed E-state index contributed by atoms with van der Waals surface area (Å²) >= 11 is 0. The molecule has 1 fully saturated rings. The smallest absolute Gasteiger partial charge is 0.0592 e. The van der Waals surface area contributed by atoms with Gasteiger partial charge in [-0.15, -0.1) is 5.53 Å². The van der Waals surface area contributed by atoms with Gasteiger partial charge < -0.3 is 10.7 Å². The molecule has 0 unspecified atom stereocenters. The number of nitrogens with zero attached hydrogens (tertiary/aromatic N) is 1. The number of allylic oxidation sites excluding steroid dienone is 1. The Hall–Kier alpha value is -1.52. The standard InChI is InChI=1S/C14H20N4/c1-11-3-2-4-13(9-11)18-10-14(16-17-18)12-5-7-15-8-6-12/h2-4,9-10,12,15-17H,5-8H2,1H3. The van der Waals surface area contributed by atoms with Crippen LogP contribution < -0.4 is 21.3 Å². The first kappa shape index (κ1) is 11.6. The van der Waals surface area contributed by atoms with Crippen LogP contribution in [0, 0.1) is 12.8 Å². The number of hydrogen-bond donors (Lipinski definition) is 3. The zero-order valence-corrected chi connectivity index (χ0v) is 10.7. The Bertz CT molecular complexity index is 449. The second-order valence-electron chi connectivity index (χ2n) is 5.05. The molecule has 2 heterocycles. The molecule has 3 rings (SSSR count). The zero-order valence-electron chi connectivity index (χ0n) is 10.7. The maximum atomic E-state index is 3.40. The van der Waals surface area contributed by atoms with E-state index in [1.807, 2.05) is 0 Å². The van der Waals surface area contributed by atoms with Crippen LogP contribution >= 0.6 is 0 Å². The lowest BCUT2D eigenvalue weighted by Crippen LogP contribution is -2.38. The van der Waals surface area contributed by atoms with E-state index in [9.17, 15) is 0 Å². The summed E-state index contributed by atoms with van der Waals surface area (Å²) in [4.78, 5) is 0. The summed E-state index contributed by atoms with van der Waals surface area (Å²) in [6, 6.07) is 8.49. The summed E-state index contributed by atoms with van der Waals surface area (Å²) in [6.45, 7) is 4.35. The summed E-state index contributed by atoms with van der Waals surface area (Å²) in [5.41, 5.74) is 10.3. The lowest BCUT2D eigenvalue weighted by Gasteiger charge is -2.22. The molecule has 0 aliphatic carbocycles. The van der Waals surface area contributed by atoms with E-state index in [1.54, 1.807) is 0 Å². The van der Waals surface area contributed by atoms with Crippen molar-refractivity contribution in [3.05, 3.63) is 41.7 Å². The molecule has 0 amide bonds. The predicted molar refractivity (Wildman–Crippen MR) is 73.6 cm³/mol. The van der Waals surface area contributed by atoms with Gasteiger partial charge in [0.2, 0.25) is 0 Å². The van der Waals surface area contributed by atoms with Crippen molar-refractivity contribution in [1.82, 2.24) is 16.3 Å². The second kappa shape index (κ2) is 5.00. The second-order valence-corrected chi connectivity index (χ2v) is 5.05. The fraction of sp³-hybridized carbons (Fsp3) is 0.429. The zero-order chi connectivity index (χ0) is 12.4. The topological polar surface area (TPSA) is 39.3 Å². The number of aryl methyl sites for hydroxylation is 1. The highest BCUT2D eigenvalue weighted by Crippen LogP contribution is 2.24. The average molecular weight is 244 g/mol. The Morgan fingerprint density at radius 3 is 2.83 bits per heavy atom. The molecule has 1 saturated heterocycles. The van der Waals surface area contributed by atoms with Crippen molar-refractivity contribution in [2.75, 3.05) is 18.1 Å². The number of hydrazine groups is 2. The third-order valence-corrected chi connectivity index (χ3v) is 3.65. The minimum absolute atomic E-state index is 0.647. The number of anilines is 1. The first-order valence-electron chi connectivity index (χ1n) is 6.63. The van der Waals surface area contributed by atoms with Gasteiger partial charge in [-0.25, -0.2) is 0 Å². The molecule has 1 aromatic rings. The quantitative estimate of drug-likeness (QED) is 0.740. The lowest BCUT2D eigenvalue weighted by atomic mass is 9.95. The number of benzene rings is 1. The molecule has 96 valence electrons. The van der Waals surface area contributed by atoms with Gasteiger partial charge in [0.15, 0.2) is 0 Å². The van der Waals surface area contributed by atoms with Crippen LogP contribution in [0.25, 0.3) is 0 Å². The fourth-order valence-electron chi connectivity index (χ4n) is 2.59. The van der Waals surface area contributed by atoms with Gasteiger partial charge in [0.05, 0.1) is 5.69 Å². The van der Waals surface area contributed by atoms with Crippen LogP contribution in [0.15, 0.2) is 36.2 Å². The summed E-state index contributed by atoms with van der Waals surface area (Å²) in [5.74, 6) is 0.647. The molecule has 1 aromatic carbocycles. The summed E-state index contributed by atoms with van der Waals surface area (Å²) < 4.78 is 0. The maximum absolute atomic E-state index is 3.40. The Balaban J connectivity index is 1.74. The Kier molecular flexibility index (Phi) is 3.21. The Labute approximate surface area is 108 Å². The van der Waals surface area contributed by atoms with Crippen LogP contribution in [0.1, 0.15) is 18.4 Å². The van der Waals surface area contributed by atoms with Gasteiger partial charge in [0, 0.05) is 17.8 Å². The van der Waals surface area contributed by atoms with Gasteiger partial charge in [0.1, 0.15) is 0 Å². The summed E-state index contributed by atoms with van der Waals surface area (Å²) in [5, 5.41) is 5.46. The molecule has 2 aliphatic heterocycles. The minimum atomic E-state index is 0.647. The van der Waals surface area contributed by atoms with Crippen LogP contribution in [-0.4, -0.2) is 13.1 Å². The van der Waals surface area contributed by atoms with Crippen LogP contribution in [0.2, 0.25) is 0 Å². The van der Waals surface area contributed by atoms with E-state index in [1.165, 1.54) is 29.8 Å². The fourth-order valence-corrected chi connectivity index (χ4v) is 2.59. The van der Waals surface area contributed by atoms with Crippen molar-refractivity contribution < 1.29 is 0 Å². The first-order chi connectivity index (χ1) is 8.83. The monoisotopic (exact) mass is 244 g/mol. The number of nitrogens with one attached hydrogen (secondary N) is 3. The predicted octanol–water partition coefficient (Wildman–Crippen LogP) is 1.67. The van der Waals surface area contributed by atoms with E-state index in [0.29, 0.717) is 5.92 Å². The molecule has 0 aromatic heterocycles. The molecule has 0 bridgehead atoms. The van der Waals surface area contributed by atoms with Crippen molar-refractivity contribution in [3.8, 4) is 0 Å². The van der Waals surface area contributed by atoms with Gasteiger partial charge in [0.25, 0.3) is 0 Å². The Morgan fingerprint density at radius 1 is 1.22 bits per heavy atom. The highest BCUT2D eigenvalue weighted by atomic mass is 15.7. The van der Waals surface area contributed by atoms with E-state index < -0.39 is 0 Å². The molecule has 0 saturated carbocycles. The van der Waals surface area contributed by atoms with Crippen LogP contribution in [0.4, 0.5) is 5.69 Å². The SMILES string of the molecule is Cc1cccc(N2C=C(C3CCNCC3)NN2)c1. The summed E-state index contributed by atoms with van der Waals surface area (Å²) in [6.07, 6.45) is 4.61. The van der Waals surface area contributed by atoms with Gasteiger partial charge in [-0.05, 0) is 50.6 Å². The largest absolute Gasteiger partial charge is 0.317 e. The van der Waals surface area contributed by atoms with Gasteiger partial charge in [-0.3, -0.25) is 5.01 Å². The molecule has 3 N–H and O–H groups in total. The molecule has 2 aliphatic rings. The highest BCUT2D eigenvalue weighted by Gasteiger charge is 2.22. The third-order valence-electron chi connectivity index (χ3n) is 3.65. The van der Waals surface area contributed by atoms with Gasteiger partial charge in [-0.2, -0.15) is 0 Å². The lowest BCUT2D eigenvalue weighted by molar-refractivity contribution is 0.400. The molecule has 4 heteroatoms. The maximum Gasteiger partial charge on any atom is 0.0592 e. The van der Waals surface area contributed by atoms with E-state index >= 15 is 0 Å². The van der Waals surface area contributed by atoms with Crippen molar-refractivity contribution in [2.24, 2.45) is 5.92 Å². The third kappa shape index (κ3) is 2.35. The van der Waals surface area contributed by atoms with Crippen molar-refractivity contribution in [2.45, 2.75) is 19.8 Å². The van der Waals surface area contributed by atoms with Crippen molar-refractivity contribution >= 4 is 5.69 Å². The van der Waals surface area contributed by atoms with Gasteiger partial charge >= 0.3 is 0 Å². The molecule has 0 atom stereocenters. The minimum Gasteiger partial charge on any atom is -0.317 e. The van der Waals surface area contributed by atoms with Gasteiger partial charge in [-0.1, -0.05) is 12.1 Å². The molecular formula is C14H20N4. The molecule has 0 spiro atoms. The normalized spacial score (nSPS) is 20.7. The van der Waals surface area contributed by atoms with E-state index in [0.717, 1.165) is 13.1 Å². The van der Waals surface area contributed by atoms with E-state index in [4.69, 9.17) is 0 Å². The molecule has 0 radical (unpaired) electrons. The van der Waals surface area contributed by atoms with Crippen molar-refractivity contribution in [1.29, 1.82) is 0 Å². The highest BCUT2D eigenvalue weighted by molar-refractivity contribution is 5.51. The van der Waals surface area contributed by atoms with E-state index in [2.05, 4.69) is 58.7 Å². The number of piperidine rings is 1. The van der Waals surface area contributed by atoms with Crippen LogP contribution in [-0.2, 0) is 0 Å². The van der Waals surface area contributed by atoms with E-state index in [-0.39, 0.29) is 0 Å². The summed E-state index contributed by atoms with van der Waals surface area (Å²) in [7, 11) is 0. The first-order valence-corrected chi connectivity index (χ1v) is 6.63. The number of hydrogen-bond acceptors (Lipinski definition) is 4. The molecule has 4 nitrogen and oxygen atoms in total. The van der Waals surface area contributed by atoms with Crippen LogP contribution in [0.3, 0.4) is 0 Å². The number of rotatable bonds is 2. The van der Waals surface area contributed by atoms with Crippen LogP contribution in [0.5, 0.6) is 0 Å². The van der Waals surface area contributed by atoms with Crippen molar-refractivity contribution in [3.63, 3.8) is 0 Å². The molecular weight excluding hydrogens is 224 g/mol. The average Bonchev–Trinajstić information content (AvgIpc) is 2.89.